The third kappa shape index (κ3) is 4.13. The molecule has 5 nitrogen and oxygen atoms in total. The SMILES string of the molecule is Oc1c(CN2CCCC2)cc(Nc2nccc3ccccc23)cc1CN1CCCC1. The number of anilines is 2. The van der Waals surface area contributed by atoms with Crippen LogP contribution in [-0.4, -0.2) is 46.1 Å². The van der Waals surface area contributed by atoms with Crippen molar-refractivity contribution >= 4 is 22.3 Å². The Bertz CT molecular complexity index is 978. The summed E-state index contributed by atoms with van der Waals surface area (Å²) in [5.41, 5.74) is 3.02. The zero-order valence-electron chi connectivity index (χ0n) is 17.5. The maximum absolute atomic E-state index is 11.1. The summed E-state index contributed by atoms with van der Waals surface area (Å²) in [4.78, 5) is 9.47. The molecule has 0 radical (unpaired) electrons. The van der Waals surface area contributed by atoms with Crippen molar-refractivity contribution in [2.45, 2.75) is 38.8 Å². The van der Waals surface area contributed by atoms with E-state index < -0.39 is 0 Å². The third-order valence-corrected chi connectivity index (χ3v) is 6.39. The van der Waals surface area contributed by atoms with Crippen molar-refractivity contribution < 1.29 is 5.11 Å². The highest BCUT2D eigenvalue weighted by molar-refractivity contribution is 5.93. The van der Waals surface area contributed by atoms with Gasteiger partial charge in [-0.05, 0) is 75.4 Å². The van der Waals surface area contributed by atoms with Crippen LogP contribution in [0.2, 0.25) is 0 Å². The van der Waals surface area contributed by atoms with Crippen LogP contribution < -0.4 is 5.32 Å². The van der Waals surface area contributed by atoms with Crippen molar-refractivity contribution in [2.75, 3.05) is 31.5 Å². The lowest BCUT2D eigenvalue weighted by Gasteiger charge is -2.21. The monoisotopic (exact) mass is 402 g/mol. The van der Waals surface area contributed by atoms with Gasteiger partial charge in [-0.15, -0.1) is 0 Å². The van der Waals surface area contributed by atoms with Gasteiger partial charge in [-0.3, -0.25) is 9.80 Å². The van der Waals surface area contributed by atoms with Gasteiger partial charge in [0.1, 0.15) is 11.6 Å². The number of likely N-dealkylation sites (tertiary alicyclic amines) is 2. The minimum atomic E-state index is 0.463. The van der Waals surface area contributed by atoms with E-state index in [0.717, 1.165) is 67.3 Å². The Labute approximate surface area is 178 Å². The fourth-order valence-electron chi connectivity index (χ4n) is 4.79. The molecule has 0 unspecified atom stereocenters. The number of rotatable bonds is 6. The first-order chi connectivity index (χ1) is 14.8. The van der Waals surface area contributed by atoms with E-state index in [1.54, 1.807) is 0 Å². The molecule has 0 bridgehead atoms. The molecule has 0 spiro atoms. The van der Waals surface area contributed by atoms with Gasteiger partial charge in [0.05, 0.1) is 0 Å². The average molecular weight is 403 g/mol. The number of nitrogens with zero attached hydrogens (tertiary/aromatic N) is 3. The summed E-state index contributed by atoms with van der Waals surface area (Å²) in [7, 11) is 0. The summed E-state index contributed by atoms with van der Waals surface area (Å²) in [5.74, 6) is 1.32. The number of phenols is 1. The predicted octanol–water partition coefficient (Wildman–Crippen LogP) is 4.88. The zero-order chi connectivity index (χ0) is 20.3. The van der Waals surface area contributed by atoms with Crippen LogP contribution in [0.1, 0.15) is 36.8 Å². The summed E-state index contributed by atoms with van der Waals surface area (Å²) < 4.78 is 0. The van der Waals surface area contributed by atoms with Crippen molar-refractivity contribution in [1.82, 2.24) is 14.8 Å². The minimum absolute atomic E-state index is 0.463. The maximum atomic E-state index is 11.1. The molecule has 0 amide bonds. The molecule has 1 aromatic heterocycles. The minimum Gasteiger partial charge on any atom is -0.507 e. The first-order valence-corrected chi connectivity index (χ1v) is 11.2. The fraction of sp³-hybridized carbons (Fsp3) is 0.400. The number of fused-ring (bicyclic) bond motifs is 1. The van der Waals surface area contributed by atoms with E-state index in [1.807, 2.05) is 18.3 Å². The van der Waals surface area contributed by atoms with Crippen molar-refractivity contribution in [3.63, 3.8) is 0 Å². The predicted molar refractivity (Wildman–Crippen MR) is 122 cm³/mol. The Balaban J connectivity index is 1.49. The lowest BCUT2D eigenvalue weighted by Crippen LogP contribution is -2.20. The molecule has 2 aliphatic heterocycles. The molecule has 0 saturated carbocycles. The Hall–Kier alpha value is -2.63. The summed E-state index contributed by atoms with van der Waals surface area (Å²) in [6, 6.07) is 14.5. The third-order valence-electron chi connectivity index (χ3n) is 6.39. The number of pyridine rings is 1. The molecule has 2 fully saturated rings. The van der Waals surface area contributed by atoms with Gasteiger partial charge in [0.15, 0.2) is 0 Å². The summed E-state index contributed by atoms with van der Waals surface area (Å²) in [5, 5.41) is 16.9. The maximum Gasteiger partial charge on any atom is 0.138 e. The summed E-state index contributed by atoms with van der Waals surface area (Å²) >= 11 is 0. The highest BCUT2D eigenvalue weighted by Gasteiger charge is 2.19. The van der Waals surface area contributed by atoms with Gasteiger partial charge < -0.3 is 10.4 Å². The molecule has 5 rings (SSSR count). The number of aromatic hydroxyl groups is 1. The molecular formula is C25H30N4O. The standard InChI is InChI=1S/C25H30N4O/c30-24-20(17-28-11-3-4-12-28)15-22(16-21(24)18-29-13-5-6-14-29)27-25-23-8-2-1-7-19(23)9-10-26-25/h1-2,7-10,15-16,30H,3-6,11-14,17-18H2,(H,26,27). The number of hydrogen-bond donors (Lipinski definition) is 2. The molecule has 30 heavy (non-hydrogen) atoms. The van der Waals surface area contributed by atoms with E-state index in [0.29, 0.717) is 5.75 Å². The van der Waals surface area contributed by atoms with Crippen molar-refractivity contribution in [2.24, 2.45) is 0 Å². The van der Waals surface area contributed by atoms with Crippen LogP contribution in [-0.2, 0) is 13.1 Å². The number of aromatic nitrogens is 1. The van der Waals surface area contributed by atoms with Gasteiger partial charge in [0.25, 0.3) is 0 Å². The number of nitrogens with one attached hydrogen (secondary N) is 1. The van der Waals surface area contributed by atoms with Crippen LogP contribution in [0.25, 0.3) is 10.8 Å². The van der Waals surface area contributed by atoms with Crippen molar-refractivity contribution in [1.29, 1.82) is 0 Å². The quantitative estimate of drug-likeness (QED) is 0.576. The Morgan fingerprint density at radius 3 is 2.07 bits per heavy atom. The zero-order valence-corrected chi connectivity index (χ0v) is 17.5. The van der Waals surface area contributed by atoms with Crippen molar-refractivity contribution in [3.8, 4) is 5.75 Å². The van der Waals surface area contributed by atoms with Gasteiger partial charge >= 0.3 is 0 Å². The van der Waals surface area contributed by atoms with Crippen molar-refractivity contribution in [3.05, 3.63) is 59.8 Å². The number of benzene rings is 2. The number of phenolic OH excluding ortho intramolecular Hbond substituents is 1. The van der Waals surface area contributed by atoms with E-state index in [2.05, 4.69) is 50.4 Å². The molecule has 3 heterocycles. The van der Waals surface area contributed by atoms with Gasteiger partial charge in [-0.1, -0.05) is 24.3 Å². The average Bonchev–Trinajstić information content (AvgIpc) is 3.46. The second kappa shape index (κ2) is 8.62. The van der Waals surface area contributed by atoms with E-state index in [9.17, 15) is 5.11 Å². The van der Waals surface area contributed by atoms with Crippen LogP contribution >= 0.6 is 0 Å². The largest absolute Gasteiger partial charge is 0.507 e. The molecule has 5 heteroatoms. The molecule has 0 atom stereocenters. The Morgan fingerprint density at radius 1 is 0.833 bits per heavy atom. The normalized spacial score (nSPS) is 17.7. The Morgan fingerprint density at radius 2 is 1.43 bits per heavy atom. The first kappa shape index (κ1) is 19.3. The molecule has 2 saturated heterocycles. The van der Waals surface area contributed by atoms with Gasteiger partial charge in [0.2, 0.25) is 0 Å². The molecular weight excluding hydrogens is 372 g/mol. The van der Waals surface area contributed by atoms with Crippen LogP contribution in [0.4, 0.5) is 11.5 Å². The van der Waals surface area contributed by atoms with Crippen LogP contribution in [0.5, 0.6) is 5.75 Å². The van der Waals surface area contributed by atoms with Gasteiger partial charge in [0, 0.05) is 41.5 Å². The van der Waals surface area contributed by atoms with Crippen LogP contribution in [0.3, 0.4) is 0 Å². The van der Waals surface area contributed by atoms with E-state index in [1.165, 1.54) is 31.1 Å². The lowest BCUT2D eigenvalue weighted by atomic mass is 10.1. The number of hydrogen-bond acceptors (Lipinski definition) is 5. The van der Waals surface area contributed by atoms with Gasteiger partial charge in [-0.2, -0.15) is 0 Å². The molecule has 2 aliphatic rings. The first-order valence-electron chi connectivity index (χ1n) is 11.2. The fourth-order valence-corrected chi connectivity index (χ4v) is 4.79. The molecule has 2 N–H and O–H groups in total. The summed E-state index contributed by atoms with van der Waals surface area (Å²) in [6.07, 6.45) is 6.85. The van der Waals surface area contributed by atoms with Gasteiger partial charge in [-0.25, -0.2) is 4.98 Å². The van der Waals surface area contributed by atoms with E-state index in [-0.39, 0.29) is 0 Å². The topological polar surface area (TPSA) is 51.6 Å². The highest BCUT2D eigenvalue weighted by atomic mass is 16.3. The van der Waals surface area contributed by atoms with Crippen LogP contribution in [0.15, 0.2) is 48.7 Å². The van der Waals surface area contributed by atoms with E-state index >= 15 is 0 Å². The highest BCUT2D eigenvalue weighted by Crippen LogP contribution is 2.33. The molecule has 0 aliphatic carbocycles. The Kier molecular flexibility index (Phi) is 5.56. The second-order valence-electron chi connectivity index (χ2n) is 8.62. The smallest absolute Gasteiger partial charge is 0.138 e. The van der Waals surface area contributed by atoms with E-state index in [4.69, 9.17) is 0 Å². The molecule has 3 aromatic rings. The molecule has 156 valence electrons. The molecule has 2 aromatic carbocycles. The lowest BCUT2D eigenvalue weighted by molar-refractivity contribution is 0.312. The second-order valence-corrected chi connectivity index (χ2v) is 8.62. The van der Waals surface area contributed by atoms with Crippen LogP contribution in [0, 0.1) is 0 Å². The summed E-state index contributed by atoms with van der Waals surface area (Å²) in [6.45, 7) is 6.06.